The highest BCUT2D eigenvalue weighted by atomic mass is 16.3. The Morgan fingerprint density at radius 2 is 1.19 bits per heavy atom. The first-order valence-electron chi connectivity index (χ1n) is 19.8. The number of furan rings is 2. The molecule has 4 aromatic heterocycles. The van der Waals surface area contributed by atoms with Crippen molar-refractivity contribution >= 4 is 71.8 Å². The minimum absolute atomic E-state index is 0.196. The van der Waals surface area contributed by atoms with E-state index in [2.05, 4.69) is 131 Å². The van der Waals surface area contributed by atoms with Crippen LogP contribution in [0.15, 0.2) is 155 Å². The van der Waals surface area contributed by atoms with E-state index in [-0.39, 0.29) is 16.6 Å². The number of para-hydroxylation sites is 2. The molecule has 58 heavy (non-hydrogen) atoms. The maximum absolute atomic E-state index is 12.3. The second-order valence-corrected chi connectivity index (χ2v) is 17.2. The molecule has 4 heterocycles. The van der Waals surface area contributed by atoms with Crippen molar-refractivity contribution in [2.75, 3.05) is 4.90 Å². The van der Waals surface area contributed by atoms with Crippen LogP contribution < -0.4 is 4.90 Å². The minimum atomic E-state index is -0.337. The van der Waals surface area contributed by atoms with Crippen molar-refractivity contribution in [1.29, 1.82) is 0 Å². The summed E-state index contributed by atoms with van der Waals surface area (Å²) in [4.78, 5) is 12.6. The van der Waals surface area contributed by atoms with E-state index in [9.17, 15) is 5.11 Å². The molecule has 6 aromatic carbocycles. The van der Waals surface area contributed by atoms with E-state index < -0.39 is 0 Å². The summed E-state index contributed by atoms with van der Waals surface area (Å²) in [5.41, 5.74) is 8.90. The third-order valence-electron chi connectivity index (χ3n) is 11.3. The Balaban J connectivity index is 1.33. The zero-order valence-electron chi connectivity index (χ0n) is 33.5. The lowest BCUT2D eigenvalue weighted by Crippen LogP contribution is -2.17. The molecule has 10 aromatic rings. The van der Waals surface area contributed by atoms with Gasteiger partial charge in [-0.15, -0.1) is 0 Å². The molecule has 0 atom stereocenters. The largest absolute Gasteiger partial charge is 0.507 e. The quantitative estimate of drug-likeness (QED) is 0.188. The second kappa shape index (κ2) is 13.1. The van der Waals surface area contributed by atoms with Crippen molar-refractivity contribution in [3.05, 3.63) is 157 Å². The molecule has 1 N–H and O–H groups in total. The number of rotatable bonds is 5. The molecule has 0 saturated heterocycles. The number of nitrogens with zero attached hydrogens (tertiary/aromatic N) is 3. The van der Waals surface area contributed by atoms with Gasteiger partial charge in [0.05, 0.1) is 11.4 Å². The maximum Gasteiger partial charge on any atom is 0.161 e. The van der Waals surface area contributed by atoms with Gasteiger partial charge in [-0.25, -0.2) is 9.97 Å². The molecule has 0 unspecified atom stereocenters. The molecule has 10 rings (SSSR count). The molecule has 0 fully saturated rings. The lowest BCUT2D eigenvalue weighted by molar-refractivity contribution is 0.446. The summed E-state index contributed by atoms with van der Waals surface area (Å²) in [6.45, 7) is 13.0. The predicted molar refractivity (Wildman–Crippen MR) is 239 cm³/mol. The van der Waals surface area contributed by atoms with E-state index in [1.807, 2.05) is 60.8 Å². The zero-order chi connectivity index (χ0) is 39.9. The number of phenolic OH excluding ortho intramolecular Hbond substituents is 1. The zero-order valence-corrected chi connectivity index (χ0v) is 33.5. The lowest BCUT2D eigenvalue weighted by atomic mass is 9.78. The lowest BCUT2D eigenvalue weighted by Gasteiger charge is -2.27. The molecule has 0 aliphatic heterocycles. The average Bonchev–Trinajstić information content (AvgIpc) is 3.79. The van der Waals surface area contributed by atoms with Crippen molar-refractivity contribution < 1.29 is 13.9 Å². The number of fused-ring (bicyclic) bond motifs is 7. The Labute approximate surface area is 337 Å². The van der Waals surface area contributed by atoms with Gasteiger partial charge >= 0.3 is 0 Å². The van der Waals surface area contributed by atoms with Crippen LogP contribution in [0.3, 0.4) is 0 Å². The SMILES string of the molecule is CC(C)(C)c1cc(-c2nc(-c3cc(N(c4ccccn4)c4cccc5ccccc45)cc4c3oc3ccccc34)cc3c2oc2ccccc23)c(O)c(C(C)(C)C)c1. The molecule has 6 heteroatoms. The fourth-order valence-corrected chi connectivity index (χ4v) is 8.28. The van der Waals surface area contributed by atoms with Crippen LogP contribution in [0, 0.1) is 0 Å². The molecule has 0 aliphatic carbocycles. The van der Waals surface area contributed by atoms with Crippen LogP contribution in [0.1, 0.15) is 52.7 Å². The molecule has 0 spiro atoms. The fraction of sp³-hybridized carbons (Fsp3) is 0.154. The fourth-order valence-electron chi connectivity index (χ4n) is 8.28. The summed E-state index contributed by atoms with van der Waals surface area (Å²) in [6, 6.07) is 47.7. The van der Waals surface area contributed by atoms with Crippen LogP contribution in [0.2, 0.25) is 0 Å². The first kappa shape index (κ1) is 35.5. The summed E-state index contributed by atoms with van der Waals surface area (Å²) >= 11 is 0. The van der Waals surface area contributed by atoms with Crippen molar-refractivity contribution in [3.8, 4) is 28.3 Å². The van der Waals surface area contributed by atoms with E-state index in [1.54, 1.807) is 0 Å². The van der Waals surface area contributed by atoms with E-state index in [4.69, 9.17) is 18.8 Å². The van der Waals surface area contributed by atoms with Gasteiger partial charge in [-0.1, -0.05) is 126 Å². The highest BCUT2D eigenvalue weighted by Crippen LogP contribution is 2.48. The number of phenols is 1. The number of aromatic hydroxyl groups is 1. The van der Waals surface area contributed by atoms with Gasteiger partial charge < -0.3 is 13.9 Å². The number of aromatic nitrogens is 2. The van der Waals surface area contributed by atoms with E-state index in [0.717, 1.165) is 82.9 Å². The number of pyridine rings is 2. The molecule has 6 nitrogen and oxygen atoms in total. The summed E-state index contributed by atoms with van der Waals surface area (Å²) < 4.78 is 13.5. The van der Waals surface area contributed by atoms with Crippen molar-refractivity contribution in [2.45, 2.75) is 52.4 Å². The van der Waals surface area contributed by atoms with E-state index in [0.29, 0.717) is 22.5 Å². The summed E-state index contributed by atoms with van der Waals surface area (Å²) in [6.07, 6.45) is 1.83. The first-order chi connectivity index (χ1) is 27.9. The summed E-state index contributed by atoms with van der Waals surface area (Å²) in [5.74, 6) is 0.979. The normalized spacial score (nSPS) is 12.4. The minimum Gasteiger partial charge on any atom is -0.507 e. The van der Waals surface area contributed by atoms with Crippen LogP contribution in [-0.2, 0) is 10.8 Å². The van der Waals surface area contributed by atoms with Gasteiger partial charge in [-0.05, 0) is 76.4 Å². The smallest absolute Gasteiger partial charge is 0.161 e. The summed E-state index contributed by atoms with van der Waals surface area (Å²) in [7, 11) is 0. The molecule has 0 aliphatic rings. The van der Waals surface area contributed by atoms with Crippen LogP contribution >= 0.6 is 0 Å². The highest BCUT2D eigenvalue weighted by molar-refractivity contribution is 6.14. The monoisotopic (exact) mass is 757 g/mol. The van der Waals surface area contributed by atoms with Gasteiger partial charge in [-0.2, -0.15) is 0 Å². The first-order valence-corrected chi connectivity index (χ1v) is 19.8. The Kier molecular flexibility index (Phi) is 8.00. The second-order valence-electron chi connectivity index (χ2n) is 17.2. The Hall–Kier alpha value is -6.92. The Morgan fingerprint density at radius 1 is 0.552 bits per heavy atom. The molecular formula is C52H43N3O3. The molecule has 284 valence electrons. The van der Waals surface area contributed by atoms with Crippen molar-refractivity contribution in [1.82, 2.24) is 9.97 Å². The number of hydrogen-bond donors (Lipinski definition) is 1. The number of anilines is 3. The van der Waals surface area contributed by atoms with Crippen LogP contribution in [0.25, 0.3) is 77.2 Å². The average molecular weight is 758 g/mol. The van der Waals surface area contributed by atoms with Gasteiger partial charge in [0.1, 0.15) is 34.0 Å². The van der Waals surface area contributed by atoms with Crippen molar-refractivity contribution in [2.24, 2.45) is 0 Å². The Morgan fingerprint density at radius 3 is 1.88 bits per heavy atom. The van der Waals surface area contributed by atoms with Gasteiger partial charge in [0.2, 0.25) is 0 Å². The molecule has 0 saturated carbocycles. The summed E-state index contributed by atoms with van der Waals surface area (Å²) in [5, 5.41) is 18.3. The van der Waals surface area contributed by atoms with Gasteiger partial charge in [0, 0.05) is 55.5 Å². The predicted octanol–water partition coefficient (Wildman–Crippen LogP) is 14.5. The maximum atomic E-state index is 12.3. The number of hydrogen-bond acceptors (Lipinski definition) is 6. The standard InChI is InChI=1S/C52H43N3O3/c1-51(2,3)32-26-40(48(56)41(27-32)52(4,5)6)47-50-38(36-20-10-12-23-45(36)58-50)30-42(54-47)39-29-33(28-37-35-19-9-11-22-44(35)57-49(37)39)55(46-24-13-14-25-53-46)43-21-15-17-31-16-7-8-18-34(31)43/h7-30,56H,1-6H3. The molecular weight excluding hydrogens is 715 g/mol. The third kappa shape index (κ3) is 5.78. The van der Waals surface area contributed by atoms with E-state index >= 15 is 0 Å². The Bertz CT molecular complexity index is 3210. The van der Waals surface area contributed by atoms with Gasteiger partial charge in [-0.3, -0.25) is 4.90 Å². The van der Waals surface area contributed by atoms with Crippen molar-refractivity contribution in [3.63, 3.8) is 0 Å². The number of benzene rings is 6. The highest BCUT2D eigenvalue weighted by Gasteiger charge is 2.29. The van der Waals surface area contributed by atoms with Crippen LogP contribution in [0.5, 0.6) is 5.75 Å². The van der Waals surface area contributed by atoms with Crippen LogP contribution in [0.4, 0.5) is 17.2 Å². The van der Waals surface area contributed by atoms with Crippen LogP contribution in [-0.4, -0.2) is 15.1 Å². The molecule has 0 radical (unpaired) electrons. The molecule has 0 bridgehead atoms. The van der Waals surface area contributed by atoms with Gasteiger partial charge in [0.15, 0.2) is 5.58 Å². The van der Waals surface area contributed by atoms with E-state index in [1.165, 1.54) is 0 Å². The molecule has 0 amide bonds. The van der Waals surface area contributed by atoms with Gasteiger partial charge in [0.25, 0.3) is 0 Å². The third-order valence-corrected chi connectivity index (χ3v) is 11.3. The topological polar surface area (TPSA) is 75.5 Å².